The van der Waals surface area contributed by atoms with Gasteiger partial charge in [-0.3, -0.25) is 0 Å². The Balaban J connectivity index is 2.39. The van der Waals surface area contributed by atoms with Crippen molar-refractivity contribution in [1.29, 1.82) is 0 Å². The molecule has 8 nitrogen and oxygen atoms in total. The van der Waals surface area contributed by atoms with E-state index in [0.29, 0.717) is 0 Å². The number of nitrogens with zero attached hydrogens (tertiary/aromatic N) is 2. The molecular weight excluding hydrogens is 318 g/mol. The van der Waals surface area contributed by atoms with Gasteiger partial charge in [0.2, 0.25) is 10.0 Å². The fourth-order valence-corrected chi connectivity index (χ4v) is 2.78. The highest BCUT2D eigenvalue weighted by atomic mass is 32.2. The van der Waals surface area contributed by atoms with Gasteiger partial charge in [-0.25, -0.2) is 23.8 Å². The number of sulfonamides is 1. The second-order valence-electron chi connectivity index (χ2n) is 4.94. The summed E-state index contributed by atoms with van der Waals surface area (Å²) >= 11 is 0. The molecule has 9 heteroatoms. The minimum Gasteiger partial charge on any atom is -0.350 e. The zero-order valence-electron chi connectivity index (χ0n) is 12.6. The lowest BCUT2D eigenvalue weighted by molar-refractivity contribution is 0.249. The van der Waals surface area contributed by atoms with Crippen LogP contribution < -0.4 is 16.3 Å². The molecule has 0 bridgehead atoms. The van der Waals surface area contributed by atoms with Crippen LogP contribution in [0.3, 0.4) is 0 Å². The fraction of sp³-hybridized carbons (Fsp3) is 0.143. The summed E-state index contributed by atoms with van der Waals surface area (Å²) in [4.78, 5) is 10.7. The first-order valence-electron chi connectivity index (χ1n) is 6.61. The van der Waals surface area contributed by atoms with Gasteiger partial charge < -0.3 is 10.3 Å². The van der Waals surface area contributed by atoms with Crippen molar-refractivity contribution in [2.24, 2.45) is 16.0 Å². The summed E-state index contributed by atoms with van der Waals surface area (Å²) in [6.45, 7) is 3.78. The van der Waals surface area contributed by atoms with Crippen LogP contribution in [-0.4, -0.2) is 25.2 Å². The van der Waals surface area contributed by atoms with Gasteiger partial charge >= 0.3 is 6.03 Å². The van der Waals surface area contributed by atoms with E-state index in [-0.39, 0.29) is 4.90 Å². The minimum atomic E-state index is -3.72. The number of hydrogen-bond acceptors (Lipinski definition) is 4. The predicted octanol–water partition coefficient (Wildman–Crippen LogP) is 0.744. The van der Waals surface area contributed by atoms with Crippen molar-refractivity contribution in [2.75, 3.05) is 0 Å². The quantitative estimate of drug-likeness (QED) is 0.562. The second kappa shape index (κ2) is 6.23. The van der Waals surface area contributed by atoms with E-state index < -0.39 is 16.1 Å². The molecule has 23 heavy (non-hydrogen) atoms. The first-order valence-corrected chi connectivity index (χ1v) is 8.15. The number of primary amides is 1. The zero-order chi connectivity index (χ0) is 17.2. The van der Waals surface area contributed by atoms with Crippen LogP contribution in [0.25, 0.3) is 5.69 Å². The maximum absolute atomic E-state index is 11.3. The van der Waals surface area contributed by atoms with Crippen LogP contribution in [0.1, 0.15) is 17.0 Å². The van der Waals surface area contributed by atoms with E-state index in [2.05, 4.69) is 10.5 Å². The van der Waals surface area contributed by atoms with Gasteiger partial charge in [-0.2, -0.15) is 5.10 Å². The number of hydrogen-bond donors (Lipinski definition) is 3. The van der Waals surface area contributed by atoms with E-state index in [9.17, 15) is 13.2 Å². The van der Waals surface area contributed by atoms with Gasteiger partial charge in [0.25, 0.3) is 0 Å². The second-order valence-corrected chi connectivity index (χ2v) is 6.50. The number of nitrogens with one attached hydrogen (secondary N) is 1. The van der Waals surface area contributed by atoms with Crippen molar-refractivity contribution in [1.82, 2.24) is 9.99 Å². The molecule has 0 atom stereocenters. The lowest BCUT2D eigenvalue weighted by Gasteiger charge is -2.10. The highest BCUT2D eigenvalue weighted by Gasteiger charge is 2.11. The van der Waals surface area contributed by atoms with E-state index in [1.807, 2.05) is 24.5 Å². The molecule has 0 fully saturated rings. The Hall–Kier alpha value is -2.65. The number of benzene rings is 1. The van der Waals surface area contributed by atoms with Gasteiger partial charge in [0, 0.05) is 22.6 Å². The van der Waals surface area contributed by atoms with Gasteiger partial charge in [0.15, 0.2) is 0 Å². The third-order valence-corrected chi connectivity index (χ3v) is 4.20. The topological polar surface area (TPSA) is 133 Å². The van der Waals surface area contributed by atoms with E-state index in [4.69, 9.17) is 10.9 Å². The van der Waals surface area contributed by atoms with Gasteiger partial charge in [-0.15, -0.1) is 0 Å². The number of rotatable bonds is 4. The van der Waals surface area contributed by atoms with Crippen molar-refractivity contribution >= 4 is 22.3 Å². The standard InChI is InChI=1S/C14H17N5O3S/c1-9-7-11(8-17-18-14(15)20)10(2)19(9)12-3-5-13(6-4-12)23(16,21)22/h3-8H,1-2H3,(H3,15,18,20)(H2,16,21,22)/b17-8-. The molecule has 1 aromatic carbocycles. The minimum absolute atomic E-state index is 0.0520. The highest BCUT2D eigenvalue weighted by molar-refractivity contribution is 7.89. The first kappa shape index (κ1) is 16.7. The molecule has 0 saturated carbocycles. The lowest BCUT2D eigenvalue weighted by atomic mass is 10.2. The molecule has 1 aromatic heterocycles. The van der Waals surface area contributed by atoms with E-state index in [0.717, 1.165) is 22.6 Å². The van der Waals surface area contributed by atoms with Crippen molar-refractivity contribution in [2.45, 2.75) is 18.7 Å². The van der Waals surface area contributed by atoms with E-state index >= 15 is 0 Å². The molecule has 0 spiro atoms. The smallest absolute Gasteiger partial charge is 0.332 e. The Bertz CT molecular complexity index is 867. The molecule has 0 saturated heterocycles. The number of aromatic nitrogens is 1. The Morgan fingerprint density at radius 2 is 1.87 bits per heavy atom. The van der Waals surface area contributed by atoms with Crippen LogP contribution in [0.2, 0.25) is 0 Å². The van der Waals surface area contributed by atoms with Crippen LogP contribution in [0.5, 0.6) is 0 Å². The number of urea groups is 1. The largest absolute Gasteiger partial charge is 0.350 e. The van der Waals surface area contributed by atoms with Crippen LogP contribution in [0.15, 0.2) is 40.3 Å². The fourth-order valence-electron chi connectivity index (χ4n) is 2.27. The third-order valence-electron chi connectivity index (χ3n) is 3.27. The summed E-state index contributed by atoms with van der Waals surface area (Å²) in [7, 11) is -3.72. The molecular formula is C14H17N5O3S. The van der Waals surface area contributed by atoms with Crippen LogP contribution in [0.4, 0.5) is 4.79 Å². The van der Waals surface area contributed by atoms with E-state index in [1.54, 1.807) is 12.1 Å². The van der Waals surface area contributed by atoms with Crippen LogP contribution >= 0.6 is 0 Å². The molecule has 1 heterocycles. The monoisotopic (exact) mass is 335 g/mol. The van der Waals surface area contributed by atoms with Crippen molar-refractivity contribution in [3.05, 3.63) is 47.3 Å². The maximum atomic E-state index is 11.3. The molecule has 0 aliphatic heterocycles. The van der Waals surface area contributed by atoms with Gasteiger partial charge in [-0.05, 0) is 44.2 Å². The summed E-state index contributed by atoms with van der Waals surface area (Å²) < 4.78 is 24.5. The van der Waals surface area contributed by atoms with Crippen LogP contribution in [-0.2, 0) is 10.0 Å². The molecule has 0 radical (unpaired) electrons. The van der Waals surface area contributed by atoms with Crippen molar-refractivity contribution < 1.29 is 13.2 Å². The zero-order valence-corrected chi connectivity index (χ0v) is 13.5. The summed E-state index contributed by atoms with van der Waals surface area (Å²) in [5.74, 6) is 0. The molecule has 0 unspecified atom stereocenters. The number of amides is 2. The van der Waals surface area contributed by atoms with Crippen molar-refractivity contribution in [3.63, 3.8) is 0 Å². The molecule has 0 aliphatic carbocycles. The lowest BCUT2D eigenvalue weighted by Crippen LogP contribution is -2.24. The average Bonchev–Trinajstić information content (AvgIpc) is 2.72. The SMILES string of the molecule is Cc1cc(/C=N\NC(N)=O)c(C)n1-c1ccc(S(N)(=O)=O)cc1. The number of primary sulfonamides is 1. The predicted molar refractivity (Wildman–Crippen MR) is 86.9 cm³/mol. The summed E-state index contributed by atoms with van der Waals surface area (Å²) in [6.07, 6.45) is 1.49. The van der Waals surface area contributed by atoms with E-state index in [1.165, 1.54) is 18.3 Å². The molecule has 122 valence electrons. The molecule has 2 amide bonds. The highest BCUT2D eigenvalue weighted by Crippen LogP contribution is 2.21. The summed E-state index contributed by atoms with van der Waals surface area (Å²) in [6, 6.07) is 7.38. The summed E-state index contributed by atoms with van der Waals surface area (Å²) in [5.41, 5.74) is 10.5. The van der Waals surface area contributed by atoms with Gasteiger partial charge in [-0.1, -0.05) is 0 Å². The Morgan fingerprint density at radius 1 is 1.26 bits per heavy atom. The number of aryl methyl sites for hydroxylation is 1. The normalized spacial score (nSPS) is 11.8. The molecule has 2 rings (SSSR count). The average molecular weight is 335 g/mol. The molecule has 2 aromatic rings. The first-order chi connectivity index (χ1) is 10.7. The Kier molecular flexibility index (Phi) is 4.52. The summed E-state index contributed by atoms with van der Waals surface area (Å²) in [5, 5.41) is 8.83. The van der Waals surface area contributed by atoms with Gasteiger partial charge in [0.05, 0.1) is 11.1 Å². The molecule has 0 aliphatic rings. The number of carbonyl (C=O) groups is 1. The third kappa shape index (κ3) is 3.76. The van der Waals surface area contributed by atoms with Gasteiger partial charge in [0.1, 0.15) is 0 Å². The number of nitrogens with two attached hydrogens (primary N) is 2. The molecule has 5 N–H and O–H groups in total. The van der Waals surface area contributed by atoms with Crippen LogP contribution in [0, 0.1) is 13.8 Å². The Labute approximate surface area is 133 Å². The Morgan fingerprint density at radius 3 is 2.39 bits per heavy atom. The maximum Gasteiger partial charge on any atom is 0.332 e. The number of hydrazone groups is 1. The van der Waals surface area contributed by atoms with Crippen molar-refractivity contribution in [3.8, 4) is 5.69 Å². The number of carbonyl (C=O) groups excluding carboxylic acids is 1.